The van der Waals surface area contributed by atoms with Crippen molar-refractivity contribution in [3.05, 3.63) is 530 Å². The van der Waals surface area contributed by atoms with Crippen LogP contribution in [0.5, 0.6) is 0 Å². The number of benzene rings is 24. The zero-order valence-electron chi connectivity index (χ0n) is 79.3. The van der Waals surface area contributed by atoms with Crippen LogP contribution in [-0.2, 0) is 0 Å². The number of hydrogen-bond donors (Lipinski definition) is 0. The second-order valence-electron chi connectivity index (χ2n) is 37.1. The van der Waals surface area contributed by atoms with E-state index in [2.05, 4.69) is 292 Å². The molecule has 0 fully saturated rings. The highest BCUT2D eigenvalue weighted by Gasteiger charge is 2.34. The van der Waals surface area contributed by atoms with Gasteiger partial charge in [-0.1, -0.05) is 381 Å². The number of rotatable bonds is 20. The lowest BCUT2D eigenvalue weighted by molar-refractivity contribution is 0.629. The zero-order valence-corrected chi connectivity index (χ0v) is 79.3. The molecule has 8 heteroatoms. The Morgan fingerprint density at radius 3 is 0.683 bits per heavy atom. The smallest absolute Gasteiger partial charge is 0.148 e. The van der Waals surface area contributed by atoms with Crippen LogP contribution in [0.3, 0.4) is 0 Å². The molecule has 0 amide bonds. The van der Waals surface area contributed by atoms with E-state index in [9.17, 15) is 0 Å². The highest BCUT2D eigenvalue weighted by atomic mass is 19.1. The largest absolute Gasteiger partial charge is 0.307 e. The van der Waals surface area contributed by atoms with E-state index < -0.39 is 0 Å². The minimum atomic E-state index is -0.336. The average molecular weight is 1840 g/mol. The van der Waals surface area contributed by atoms with Gasteiger partial charge >= 0.3 is 0 Å². The van der Waals surface area contributed by atoms with Crippen LogP contribution in [0, 0.1) is 64.8 Å². The van der Waals surface area contributed by atoms with Crippen molar-refractivity contribution >= 4 is 133 Å². The first-order valence-corrected chi connectivity index (χ1v) is 48.3. The number of nitrogens with zero attached hydrogens (tertiary/aromatic N) is 4. The van der Waals surface area contributed by atoms with Crippen molar-refractivity contribution in [2.45, 2.75) is 41.5 Å². The summed E-state index contributed by atoms with van der Waals surface area (Å²) in [5.41, 5.74) is 28.8. The third-order valence-electron chi connectivity index (χ3n) is 28.1. The molecule has 0 saturated carbocycles. The van der Waals surface area contributed by atoms with E-state index in [-0.39, 0.29) is 23.3 Å². The van der Waals surface area contributed by atoms with Gasteiger partial charge < -0.3 is 19.6 Å². The highest BCUT2D eigenvalue weighted by Crippen LogP contribution is 2.57. The third-order valence-corrected chi connectivity index (χ3v) is 28.1. The molecule has 4 nitrogen and oxygen atoms in total. The Morgan fingerprint density at radius 1 is 0.162 bits per heavy atom. The Kier molecular flexibility index (Phi) is 23.2. The van der Waals surface area contributed by atoms with Gasteiger partial charge in [0, 0.05) is 66.5 Å². The second-order valence-corrected chi connectivity index (χ2v) is 37.1. The molecule has 24 aromatic rings. The van der Waals surface area contributed by atoms with E-state index in [0.717, 1.165) is 233 Å². The molecule has 0 aliphatic rings. The topological polar surface area (TPSA) is 13.0 Å². The van der Waals surface area contributed by atoms with E-state index in [1.807, 2.05) is 218 Å². The first-order valence-electron chi connectivity index (χ1n) is 48.3. The van der Waals surface area contributed by atoms with Gasteiger partial charge in [0.25, 0.3) is 0 Å². The minimum absolute atomic E-state index is 0.331. The molecule has 0 aromatic heterocycles. The molecule has 0 atom stereocenters. The van der Waals surface area contributed by atoms with Gasteiger partial charge in [0.2, 0.25) is 0 Å². The average Bonchev–Trinajstić information content (AvgIpc) is 0.745. The molecule has 0 radical (unpaired) electrons. The lowest BCUT2D eigenvalue weighted by Gasteiger charge is -2.33. The fourth-order valence-corrected chi connectivity index (χ4v) is 21.1. The molecule has 0 aliphatic carbocycles. The minimum Gasteiger partial charge on any atom is -0.307 e. The Balaban J connectivity index is 0.000000158. The predicted octanol–water partition coefficient (Wildman–Crippen LogP) is 38.8. The molecule has 24 rings (SSSR count). The monoisotopic (exact) mass is 1840 g/mol. The van der Waals surface area contributed by atoms with Gasteiger partial charge in [0.1, 0.15) is 23.3 Å². The van der Waals surface area contributed by atoms with Gasteiger partial charge in [-0.3, -0.25) is 0 Å². The zero-order chi connectivity index (χ0) is 96.3. The maximum Gasteiger partial charge on any atom is 0.148 e. The summed E-state index contributed by atoms with van der Waals surface area (Å²) in [5, 5.41) is 12.2. The van der Waals surface area contributed by atoms with Gasteiger partial charge in [-0.25, -0.2) is 17.6 Å². The highest BCUT2D eigenvalue weighted by molar-refractivity contribution is 6.30. The molecule has 680 valence electrons. The molecule has 0 unspecified atom stereocenters. The SMILES string of the molecule is Cc1ccc(N(c2c(F)cc(-c3ccccc3)cc2-c2ccccc2)c2ccc3ccc4c(N(c5ccc(C)cc5)c5c(F)cc(-c6ccccc6)cc5-c5ccccc5)ccc5ccc2c3c54)cc1.Cc1ccc(N(c2c(F)cc(-c3ccccc3)cc2-c2ccccc2)c2ccc3ccc4c(N(c5cccc(C)c5C)c5c(F)cc(-c6ccccc6)cc5-c5ccccc5)ccc5ccc2c3c54)c(C)c1. The number of halogens is 4. The van der Waals surface area contributed by atoms with Crippen LogP contribution in [0.2, 0.25) is 0 Å². The summed E-state index contributed by atoms with van der Waals surface area (Å²) >= 11 is 0. The van der Waals surface area contributed by atoms with Crippen molar-refractivity contribution in [1.29, 1.82) is 0 Å². The second kappa shape index (κ2) is 37.3. The van der Waals surface area contributed by atoms with E-state index in [0.29, 0.717) is 22.7 Å². The van der Waals surface area contributed by atoms with Crippen LogP contribution in [0.4, 0.5) is 85.8 Å². The standard InChI is InChI=1S/C68H50F2N2.C66H46F2N2/c1-43-28-35-61(45(3)38-43)71(67-57(49-23-13-7-14-24-49)39-53(41-59(67)69)47-19-9-5-10-20-47)63-36-31-51-30-34-56-64(37-32-52-29-33-55(63)65(51)66(52)56)72(62-27-17-18-44(2)46(62)4)68-58(50-25-15-8-16-26-50)40-54(42-60(68)70)48-21-11-6-12-22-48;1-43-23-31-53(32-24-43)69(65-57(47-19-11-5-12-20-47)39-51(41-59(65)67)45-15-7-3-8-16-45)61-37-29-49-28-36-56-62(38-30-50-27-35-55(61)63(49)64(50)56)70(54-33-25-44(2)26-34-54)66-58(48-21-13-6-14-22-48)40-52(42-60(66)68)46-17-9-4-10-18-46/h5-42H,1-4H3;3-42H,1-2H3. The molecule has 0 aliphatic heterocycles. The van der Waals surface area contributed by atoms with Crippen molar-refractivity contribution in [2.75, 3.05) is 19.6 Å². The summed E-state index contributed by atoms with van der Waals surface area (Å²) in [6.07, 6.45) is 0. The predicted molar refractivity (Wildman–Crippen MR) is 591 cm³/mol. The van der Waals surface area contributed by atoms with Crippen molar-refractivity contribution in [1.82, 2.24) is 0 Å². The molecule has 142 heavy (non-hydrogen) atoms. The number of anilines is 12. The fourth-order valence-electron chi connectivity index (χ4n) is 21.1. The summed E-state index contributed by atoms with van der Waals surface area (Å²) < 4.78 is 71.2. The quantitative estimate of drug-likeness (QED) is 0.0557. The third kappa shape index (κ3) is 16.2. The van der Waals surface area contributed by atoms with Crippen molar-refractivity contribution in [3.63, 3.8) is 0 Å². The number of aryl methyl sites for hydroxylation is 5. The van der Waals surface area contributed by atoms with Crippen LogP contribution in [0.15, 0.2) is 473 Å². The van der Waals surface area contributed by atoms with Crippen molar-refractivity contribution in [2.24, 2.45) is 0 Å². The van der Waals surface area contributed by atoms with Gasteiger partial charge in [-0.05, 0) is 277 Å². The molecule has 0 saturated heterocycles. The Bertz CT molecular complexity index is 8600. The molecule has 0 N–H and O–H groups in total. The van der Waals surface area contributed by atoms with Crippen LogP contribution < -0.4 is 19.6 Å². The van der Waals surface area contributed by atoms with Crippen molar-refractivity contribution < 1.29 is 17.6 Å². The normalized spacial score (nSPS) is 11.5. The molecule has 0 heterocycles. The summed E-state index contributed by atoms with van der Waals surface area (Å²) in [5.74, 6) is -1.33. The first-order chi connectivity index (χ1) is 69.6. The van der Waals surface area contributed by atoms with Crippen LogP contribution in [0.25, 0.3) is 154 Å². The van der Waals surface area contributed by atoms with Crippen LogP contribution in [-0.4, -0.2) is 0 Å². The molecular weight excluding hydrogens is 1740 g/mol. The molecule has 24 aromatic carbocycles. The molecule has 0 bridgehead atoms. The summed E-state index contributed by atoms with van der Waals surface area (Å²) in [4.78, 5) is 8.45. The lowest BCUT2D eigenvalue weighted by atomic mass is 9.90. The molecular formula is C134H96F4N4. The number of hydrogen-bond acceptors (Lipinski definition) is 4. The van der Waals surface area contributed by atoms with Crippen molar-refractivity contribution in [3.8, 4) is 89.0 Å². The van der Waals surface area contributed by atoms with Crippen LogP contribution >= 0.6 is 0 Å². The lowest BCUT2D eigenvalue weighted by Crippen LogP contribution is -2.16. The Morgan fingerprint density at radius 2 is 0.401 bits per heavy atom. The van der Waals surface area contributed by atoms with Gasteiger partial charge in [-0.15, -0.1) is 0 Å². The van der Waals surface area contributed by atoms with E-state index >= 15 is 17.6 Å². The molecule has 0 spiro atoms. The Hall–Kier alpha value is -17.7. The van der Waals surface area contributed by atoms with E-state index in [4.69, 9.17) is 0 Å². The summed E-state index contributed by atoms with van der Waals surface area (Å²) in [6.45, 7) is 12.6. The van der Waals surface area contributed by atoms with Gasteiger partial charge in [-0.2, -0.15) is 0 Å². The summed E-state index contributed by atoms with van der Waals surface area (Å²) in [6, 6.07) is 159. The summed E-state index contributed by atoms with van der Waals surface area (Å²) in [7, 11) is 0. The van der Waals surface area contributed by atoms with Gasteiger partial charge in [0.15, 0.2) is 0 Å². The van der Waals surface area contributed by atoms with Gasteiger partial charge in [0.05, 0.1) is 45.5 Å². The van der Waals surface area contributed by atoms with Crippen LogP contribution in [0.1, 0.15) is 33.4 Å². The Labute approximate surface area is 824 Å². The van der Waals surface area contributed by atoms with E-state index in [1.165, 1.54) is 0 Å². The van der Waals surface area contributed by atoms with E-state index in [1.54, 1.807) is 24.3 Å². The first kappa shape index (κ1) is 88.3. The maximum atomic E-state index is 17.9. The maximum absolute atomic E-state index is 17.9. The fraction of sp³-hybridized carbons (Fsp3) is 0.0448.